The maximum Gasteiger partial charge on any atom is 0.337 e. The number of imidazole rings is 1. The normalized spacial score (nSPS) is 14.7. The largest absolute Gasteiger partial charge is 0.465 e. The summed E-state index contributed by atoms with van der Waals surface area (Å²) in [5, 5.41) is 2.92. The minimum Gasteiger partial charge on any atom is -0.465 e. The second-order valence-electron chi connectivity index (χ2n) is 8.56. The Hall–Kier alpha value is -3.42. The van der Waals surface area contributed by atoms with E-state index >= 15 is 0 Å². The summed E-state index contributed by atoms with van der Waals surface area (Å²) in [6.45, 7) is 5.71. The van der Waals surface area contributed by atoms with Gasteiger partial charge in [-0.15, -0.1) is 0 Å². The summed E-state index contributed by atoms with van der Waals surface area (Å²) in [5.74, 6) is 1.17. The van der Waals surface area contributed by atoms with Crippen molar-refractivity contribution < 1.29 is 14.3 Å². The molecule has 1 fully saturated rings. The fraction of sp³-hybridized carbons (Fsp3) is 0.417. The van der Waals surface area contributed by atoms with Gasteiger partial charge in [-0.3, -0.25) is 0 Å². The van der Waals surface area contributed by atoms with E-state index in [-0.39, 0.29) is 12.1 Å². The van der Waals surface area contributed by atoms with Crippen LogP contribution < -0.4 is 5.32 Å². The third-order valence-electron chi connectivity index (χ3n) is 5.79. The zero-order chi connectivity index (χ0) is 22.7. The molecule has 0 bridgehead atoms. The Kier molecular flexibility index (Phi) is 6.39. The van der Waals surface area contributed by atoms with Crippen LogP contribution in [-0.4, -0.2) is 51.6 Å². The van der Waals surface area contributed by atoms with E-state index in [9.17, 15) is 9.59 Å². The minimum atomic E-state index is -0.400. The molecular formula is C24H29N5O3. The smallest absolute Gasteiger partial charge is 0.337 e. The molecule has 4 rings (SSSR count). The number of carbonyl (C=O) groups is 2. The Bertz CT molecular complexity index is 1100. The topological polar surface area (TPSA) is 89.4 Å². The van der Waals surface area contributed by atoms with Crippen LogP contribution in [0.1, 0.15) is 48.9 Å². The summed E-state index contributed by atoms with van der Waals surface area (Å²) in [7, 11) is 1.34. The van der Waals surface area contributed by atoms with Crippen molar-refractivity contribution >= 4 is 28.9 Å². The van der Waals surface area contributed by atoms with Crippen LogP contribution >= 0.6 is 0 Å². The molecule has 0 spiro atoms. The van der Waals surface area contributed by atoms with Gasteiger partial charge in [0.05, 0.1) is 12.7 Å². The molecule has 1 aliphatic rings. The van der Waals surface area contributed by atoms with Crippen LogP contribution in [0.5, 0.6) is 0 Å². The van der Waals surface area contributed by atoms with Crippen LogP contribution in [0.2, 0.25) is 0 Å². The third kappa shape index (κ3) is 4.59. The van der Waals surface area contributed by atoms with E-state index in [0.717, 1.165) is 36.3 Å². The number of ether oxygens (including phenoxy) is 1. The van der Waals surface area contributed by atoms with Gasteiger partial charge >= 0.3 is 12.0 Å². The van der Waals surface area contributed by atoms with Gasteiger partial charge in [0.15, 0.2) is 5.65 Å². The number of carbonyl (C=O) groups excluding carboxylic acids is 2. The maximum absolute atomic E-state index is 12.8. The Labute approximate surface area is 187 Å². The number of anilines is 1. The molecule has 0 radical (unpaired) electrons. The summed E-state index contributed by atoms with van der Waals surface area (Å²) >= 11 is 0. The van der Waals surface area contributed by atoms with Crippen molar-refractivity contribution in [2.75, 3.05) is 25.5 Å². The van der Waals surface area contributed by atoms with E-state index in [0.29, 0.717) is 30.3 Å². The highest BCUT2D eigenvalue weighted by atomic mass is 16.5. The van der Waals surface area contributed by atoms with Gasteiger partial charge in [-0.25, -0.2) is 19.6 Å². The number of hydrogen-bond acceptors (Lipinski definition) is 5. The Morgan fingerprint density at radius 2 is 1.88 bits per heavy atom. The molecule has 0 unspecified atom stereocenters. The Morgan fingerprint density at radius 3 is 2.53 bits per heavy atom. The molecule has 32 heavy (non-hydrogen) atoms. The molecule has 0 aliphatic carbocycles. The van der Waals surface area contributed by atoms with Gasteiger partial charge in [-0.05, 0) is 55.2 Å². The van der Waals surface area contributed by atoms with E-state index in [1.165, 1.54) is 7.11 Å². The van der Waals surface area contributed by atoms with Crippen LogP contribution in [0.4, 0.5) is 10.5 Å². The number of fused-ring (bicyclic) bond motifs is 1. The van der Waals surface area contributed by atoms with Crippen molar-refractivity contribution in [1.29, 1.82) is 0 Å². The first-order valence-corrected chi connectivity index (χ1v) is 11.0. The second-order valence-corrected chi connectivity index (χ2v) is 8.56. The lowest BCUT2D eigenvalue weighted by atomic mass is 10.0. The Balaban J connectivity index is 1.42. The molecule has 168 valence electrons. The number of amides is 2. The number of aromatic nitrogens is 3. The molecule has 8 heteroatoms. The number of rotatable bonds is 5. The molecule has 2 aromatic heterocycles. The number of benzene rings is 1. The second kappa shape index (κ2) is 9.38. The lowest BCUT2D eigenvalue weighted by molar-refractivity contribution is 0.0600. The van der Waals surface area contributed by atoms with Gasteiger partial charge in [0, 0.05) is 37.4 Å². The zero-order valence-electron chi connectivity index (χ0n) is 18.7. The molecule has 0 atom stereocenters. The molecule has 3 aromatic rings. The SMILES string of the molecule is COC(=O)c1ccc(NC(=O)N2CCC(n3c(CC(C)C)nc4cccnc43)CC2)cc1. The van der Waals surface area contributed by atoms with Gasteiger partial charge in [0.1, 0.15) is 11.3 Å². The van der Waals surface area contributed by atoms with E-state index in [4.69, 9.17) is 9.72 Å². The predicted molar refractivity (Wildman–Crippen MR) is 123 cm³/mol. The standard InChI is InChI=1S/C24H29N5O3/c1-16(2)15-21-27-20-5-4-12-25-22(20)29(21)19-10-13-28(14-11-19)24(31)26-18-8-6-17(7-9-18)23(30)32-3/h4-9,12,16,19H,10-11,13-15H2,1-3H3,(H,26,31). The van der Waals surface area contributed by atoms with Crippen LogP contribution in [0.15, 0.2) is 42.6 Å². The molecule has 8 nitrogen and oxygen atoms in total. The quantitative estimate of drug-likeness (QED) is 0.604. The molecule has 0 saturated carbocycles. The average Bonchev–Trinajstić information content (AvgIpc) is 3.16. The van der Waals surface area contributed by atoms with Gasteiger partial charge in [0.25, 0.3) is 0 Å². The first kappa shape index (κ1) is 21.8. The summed E-state index contributed by atoms with van der Waals surface area (Å²) < 4.78 is 6.99. The lowest BCUT2D eigenvalue weighted by Crippen LogP contribution is -2.41. The van der Waals surface area contributed by atoms with E-state index < -0.39 is 5.97 Å². The number of piperidine rings is 1. The molecule has 1 aliphatic heterocycles. The van der Waals surface area contributed by atoms with Crippen molar-refractivity contribution in [3.8, 4) is 0 Å². The first-order valence-electron chi connectivity index (χ1n) is 11.0. The van der Waals surface area contributed by atoms with E-state index in [1.54, 1.807) is 24.3 Å². The minimum absolute atomic E-state index is 0.134. The highest BCUT2D eigenvalue weighted by molar-refractivity contribution is 5.92. The fourth-order valence-electron chi connectivity index (χ4n) is 4.21. The lowest BCUT2D eigenvalue weighted by Gasteiger charge is -2.33. The molecule has 2 amide bonds. The number of pyridine rings is 1. The monoisotopic (exact) mass is 435 g/mol. The zero-order valence-corrected chi connectivity index (χ0v) is 18.7. The van der Waals surface area contributed by atoms with Crippen molar-refractivity contribution in [3.05, 3.63) is 54.0 Å². The highest BCUT2D eigenvalue weighted by Gasteiger charge is 2.27. The van der Waals surface area contributed by atoms with Crippen LogP contribution in [-0.2, 0) is 11.2 Å². The number of nitrogens with one attached hydrogen (secondary N) is 1. The van der Waals surface area contributed by atoms with Gasteiger partial charge in [-0.1, -0.05) is 13.8 Å². The van der Waals surface area contributed by atoms with Gasteiger partial charge in [-0.2, -0.15) is 0 Å². The van der Waals surface area contributed by atoms with Crippen LogP contribution in [0, 0.1) is 5.92 Å². The number of urea groups is 1. The summed E-state index contributed by atoms with van der Waals surface area (Å²) in [4.78, 5) is 35.6. The van der Waals surface area contributed by atoms with E-state index in [1.807, 2.05) is 23.2 Å². The number of esters is 1. The van der Waals surface area contributed by atoms with Crippen LogP contribution in [0.3, 0.4) is 0 Å². The van der Waals surface area contributed by atoms with Crippen LogP contribution in [0.25, 0.3) is 11.2 Å². The average molecular weight is 436 g/mol. The van der Waals surface area contributed by atoms with Gasteiger partial charge < -0.3 is 19.5 Å². The third-order valence-corrected chi connectivity index (χ3v) is 5.79. The molecule has 1 saturated heterocycles. The number of nitrogens with zero attached hydrogens (tertiary/aromatic N) is 4. The van der Waals surface area contributed by atoms with Crippen molar-refractivity contribution in [2.24, 2.45) is 5.92 Å². The van der Waals surface area contributed by atoms with Crippen molar-refractivity contribution in [2.45, 2.75) is 39.2 Å². The number of hydrogen-bond donors (Lipinski definition) is 1. The number of likely N-dealkylation sites (tertiary alicyclic amines) is 1. The summed E-state index contributed by atoms with van der Waals surface area (Å²) in [6, 6.07) is 10.8. The molecule has 1 aromatic carbocycles. The van der Waals surface area contributed by atoms with Crippen molar-refractivity contribution in [1.82, 2.24) is 19.4 Å². The van der Waals surface area contributed by atoms with Gasteiger partial charge in [0.2, 0.25) is 0 Å². The van der Waals surface area contributed by atoms with E-state index in [2.05, 4.69) is 28.7 Å². The maximum atomic E-state index is 12.8. The highest BCUT2D eigenvalue weighted by Crippen LogP contribution is 2.29. The molecular weight excluding hydrogens is 406 g/mol. The molecule has 1 N–H and O–H groups in total. The number of methoxy groups -OCH3 is 1. The predicted octanol–water partition coefficient (Wildman–Crippen LogP) is 4.29. The summed E-state index contributed by atoms with van der Waals surface area (Å²) in [6.07, 6.45) is 4.41. The van der Waals surface area contributed by atoms with Crippen molar-refractivity contribution in [3.63, 3.8) is 0 Å². The Morgan fingerprint density at radius 1 is 1.16 bits per heavy atom. The molecule has 3 heterocycles. The first-order chi connectivity index (χ1) is 15.5. The fourth-order valence-corrected chi connectivity index (χ4v) is 4.21. The summed E-state index contributed by atoms with van der Waals surface area (Å²) in [5.41, 5.74) is 2.95.